The molecule has 1 unspecified atom stereocenters. The van der Waals surface area contributed by atoms with Crippen molar-refractivity contribution in [2.75, 3.05) is 13.2 Å². The second kappa shape index (κ2) is 6.82. The first-order valence-corrected chi connectivity index (χ1v) is 5.58. The molecule has 0 aromatic carbocycles. The van der Waals surface area contributed by atoms with E-state index < -0.39 is 5.97 Å². The molecule has 0 radical (unpaired) electrons. The van der Waals surface area contributed by atoms with Crippen molar-refractivity contribution >= 4 is 5.97 Å². The van der Waals surface area contributed by atoms with E-state index in [1.807, 2.05) is 0 Å². The molecule has 14 heavy (non-hydrogen) atoms. The topological polar surface area (TPSA) is 46.5 Å². The lowest BCUT2D eigenvalue weighted by molar-refractivity contribution is -0.137. The van der Waals surface area contributed by atoms with Crippen LogP contribution in [0.15, 0.2) is 0 Å². The zero-order valence-corrected chi connectivity index (χ0v) is 8.71. The van der Waals surface area contributed by atoms with E-state index in [1.165, 1.54) is 19.3 Å². The van der Waals surface area contributed by atoms with Crippen LogP contribution in [0.2, 0.25) is 0 Å². The predicted octanol–water partition coefficient (Wildman–Crippen LogP) is 2.45. The Morgan fingerprint density at radius 2 is 2.21 bits per heavy atom. The zero-order chi connectivity index (χ0) is 10.2. The molecular weight excluding hydrogens is 180 g/mol. The number of carboxylic acids is 1. The third-order valence-electron chi connectivity index (χ3n) is 2.76. The van der Waals surface area contributed by atoms with E-state index >= 15 is 0 Å². The van der Waals surface area contributed by atoms with Crippen LogP contribution in [0.1, 0.15) is 44.9 Å². The Hall–Kier alpha value is -0.570. The van der Waals surface area contributed by atoms with Gasteiger partial charge in [0.25, 0.3) is 0 Å². The predicted molar refractivity (Wildman–Crippen MR) is 54.3 cm³/mol. The zero-order valence-electron chi connectivity index (χ0n) is 8.71. The van der Waals surface area contributed by atoms with Gasteiger partial charge in [0.2, 0.25) is 0 Å². The number of ether oxygens (including phenoxy) is 1. The lowest BCUT2D eigenvalue weighted by Gasteiger charge is -2.21. The Morgan fingerprint density at radius 3 is 2.86 bits per heavy atom. The molecule has 0 bridgehead atoms. The fraction of sp³-hybridized carbons (Fsp3) is 0.909. The average molecular weight is 200 g/mol. The van der Waals surface area contributed by atoms with Crippen molar-refractivity contribution in [2.45, 2.75) is 44.9 Å². The highest BCUT2D eigenvalue weighted by Crippen LogP contribution is 2.20. The van der Waals surface area contributed by atoms with Gasteiger partial charge in [-0.2, -0.15) is 0 Å². The molecule has 0 spiro atoms. The molecule has 0 aromatic rings. The summed E-state index contributed by atoms with van der Waals surface area (Å²) in [6.07, 6.45) is 7.03. The van der Waals surface area contributed by atoms with Gasteiger partial charge in [-0.25, -0.2) is 0 Å². The van der Waals surface area contributed by atoms with Crippen LogP contribution in [0.4, 0.5) is 0 Å². The van der Waals surface area contributed by atoms with Gasteiger partial charge in [-0.15, -0.1) is 0 Å². The number of unbranched alkanes of at least 4 members (excludes halogenated alkanes) is 2. The molecule has 1 fully saturated rings. The molecule has 0 saturated carbocycles. The van der Waals surface area contributed by atoms with Gasteiger partial charge in [0.15, 0.2) is 0 Å². The summed E-state index contributed by atoms with van der Waals surface area (Å²) in [4.78, 5) is 10.2. The average Bonchev–Trinajstić information content (AvgIpc) is 2.18. The largest absolute Gasteiger partial charge is 0.481 e. The van der Waals surface area contributed by atoms with Gasteiger partial charge in [-0.3, -0.25) is 4.79 Å². The fourth-order valence-electron chi connectivity index (χ4n) is 1.92. The first-order valence-electron chi connectivity index (χ1n) is 5.58. The van der Waals surface area contributed by atoms with Crippen LogP contribution in [0.25, 0.3) is 0 Å². The highest BCUT2D eigenvalue weighted by atomic mass is 16.5. The van der Waals surface area contributed by atoms with E-state index in [4.69, 9.17) is 9.84 Å². The molecule has 3 heteroatoms. The third-order valence-corrected chi connectivity index (χ3v) is 2.76. The molecule has 1 aliphatic rings. The maximum Gasteiger partial charge on any atom is 0.303 e. The summed E-state index contributed by atoms with van der Waals surface area (Å²) in [5.41, 5.74) is 0. The van der Waals surface area contributed by atoms with E-state index in [9.17, 15) is 4.79 Å². The van der Waals surface area contributed by atoms with Crippen molar-refractivity contribution in [1.29, 1.82) is 0 Å². The summed E-state index contributed by atoms with van der Waals surface area (Å²) < 4.78 is 5.38. The number of carboxylic acid groups (broad SMARTS) is 1. The molecule has 0 aliphatic carbocycles. The number of aliphatic carboxylic acids is 1. The van der Waals surface area contributed by atoms with Gasteiger partial charge in [0.05, 0.1) is 0 Å². The first-order chi connectivity index (χ1) is 6.79. The van der Waals surface area contributed by atoms with Crippen molar-refractivity contribution < 1.29 is 14.6 Å². The standard InChI is InChI=1S/C11H20O3/c12-11(13)7-3-1-2-5-10-6-4-8-14-9-10/h10H,1-9H2,(H,12,13). The molecular formula is C11H20O3. The molecule has 1 rings (SSSR count). The Labute approximate surface area is 85.5 Å². The monoisotopic (exact) mass is 200 g/mol. The summed E-state index contributed by atoms with van der Waals surface area (Å²) in [6.45, 7) is 1.84. The van der Waals surface area contributed by atoms with E-state index in [0.717, 1.165) is 38.4 Å². The summed E-state index contributed by atoms with van der Waals surface area (Å²) in [7, 11) is 0. The second-order valence-electron chi connectivity index (χ2n) is 4.08. The van der Waals surface area contributed by atoms with Crippen molar-refractivity contribution in [3.05, 3.63) is 0 Å². The lowest BCUT2D eigenvalue weighted by atomic mass is 9.95. The van der Waals surface area contributed by atoms with Crippen LogP contribution in [-0.4, -0.2) is 24.3 Å². The van der Waals surface area contributed by atoms with Crippen LogP contribution in [-0.2, 0) is 9.53 Å². The molecule has 1 N–H and O–H groups in total. The van der Waals surface area contributed by atoms with Gasteiger partial charge in [0, 0.05) is 19.6 Å². The molecule has 1 heterocycles. The van der Waals surface area contributed by atoms with Gasteiger partial charge in [-0.1, -0.05) is 12.8 Å². The summed E-state index contributed by atoms with van der Waals surface area (Å²) in [5.74, 6) is 0.0552. The second-order valence-corrected chi connectivity index (χ2v) is 4.08. The highest BCUT2D eigenvalue weighted by Gasteiger charge is 2.12. The molecule has 1 saturated heterocycles. The SMILES string of the molecule is O=C(O)CCCCCC1CCCOC1. The van der Waals surface area contributed by atoms with Gasteiger partial charge >= 0.3 is 5.97 Å². The van der Waals surface area contributed by atoms with Crippen LogP contribution in [0.3, 0.4) is 0 Å². The smallest absolute Gasteiger partial charge is 0.303 e. The summed E-state index contributed by atoms with van der Waals surface area (Å²) in [5, 5.41) is 8.44. The Morgan fingerprint density at radius 1 is 1.36 bits per heavy atom. The first kappa shape index (κ1) is 11.5. The van der Waals surface area contributed by atoms with Crippen LogP contribution in [0, 0.1) is 5.92 Å². The highest BCUT2D eigenvalue weighted by molar-refractivity contribution is 5.66. The normalized spacial score (nSPS) is 22.1. The Kier molecular flexibility index (Phi) is 5.60. The summed E-state index contributed by atoms with van der Waals surface area (Å²) in [6, 6.07) is 0. The number of hydrogen-bond acceptors (Lipinski definition) is 2. The third kappa shape index (κ3) is 5.22. The van der Waals surface area contributed by atoms with Crippen molar-refractivity contribution in [3.63, 3.8) is 0 Å². The van der Waals surface area contributed by atoms with E-state index in [1.54, 1.807) is 0 Å². The Balaban J connectivity index is 1.90. The van der Waals surface area contributed by atoms with Gasteiger partial charge < -0.3 is 9.84 Å². The van der Waals surface area contributed by atoms with Crippen LogP contribution in [0.5, 0.6) is 0 Å². The fourth-order valence-corrected chi connectivity index (χ4v) is 1.92. The molecule has 0 aromatic heterocycles. The Bertz CT molecular complexity index is 162. The summed E-state index contributed by atoms with van der Waals surface area (Å²) >= 11 is 0. The maximum absolute atomic E-state index is 10.2. The quantitative estimate of drug-likeness (QED) is 0.670. The van der Waals surface area contributed by atoms with Gasteiger partial charge in [0.1, 0.15) is 0 Å². The molecule has 0 amide bonds. The maximum atomic E-state index is 10.2. The molecule has 3 nitrogen and oxygen atoms in total. The van der Waals surface area contributed by atoms with Crippen LogP contribution < -0.4 is 0 Å². The minimum atomic E-state index is -0.675. The van der Waals surface area contributed by atoms with Crippen molar-refractivity contribution in [3.8, 4) is 0 Å². The molecule has 1 aliphatic heterocycles. The lowest BCUT2D eigenvalue weighted by Crippen LogP contribution is -2.16. The number of carbonyl (C=O) groups is 1. The van der Waals surface area contributed by atoms with Gasteiger partial charge in [-0.05, 0) is 31.6 Å². The molecule has 82 valence electrons. The van der Waals surface area contributed by atoms with E-state index in [-0.39, 0.29) is 0 Å². The van der Waals surface area contributed by atoms with E-state index in [2.05, 4.69) is 0 Å². The number of rotatable bonds is 6. The number of hydrogen-bond donors (Lipinski definition) is 1. The van der Waals surface area contributed by atoms with Crippen LogP contribution >= 0.6 is 0 Å². The van der Waals surface area contributed by atoms with Crippen molar-refractivity contribution in [2.24, 2.45) is 5.92 Å². The minimum Gasteiger partial charge on any atom is -0.481 e. The van der Waals surface area contributed by atoms with Crippen molar-refractivity contribution in [1.82, 2.24) is 0 Å². The molecule has 1 atom stereocenters. The van der Waals surface area contributed by atoms with E-state index in [0.29, 0.717) is 6.42 Å². The minimum absolute atomic E-state index is 0.321.